The summed E-state index contributed by atoms with van der Waals surface area (Å²) >= 11 is 0. The van der Waals surface area contributed by atoms with Crippen molar-refractivity contribution in [3.63, 3.8) is 0 Å². The molecule has 8 aromatic rings. The van der Waals surface area contributed by atoms with Gasteiger partial charge in [-0.15, -0.1) is 0 Å². The molecule has 0 heteroatoms. The maximum absolute atomic E-state index is 2.56. The minimum atomic E-state index is -0.108. The maximum Gasteiger partial charge on any atom is 0.0159 e. The first-order valence-corrected chi connectivity index (χ1v) is 16.5. The third kappa shape index (κ3) is 3.24. The van der Waals surface area contributed by atoms with Gasteiger partial charge in [0.05, 0.1) is 0 Å². The van der Waals surface area contributed by atoms with Gasteiger partial charge in [0, 0.05) is 10.8 Å². The highest BCUT2D eigenvalue weighted by Crippen LogP contribution is 2.58. The van der Waals surface area contributed by atoms with Crippen LogP contribution in [0.4, 0.5) is 0 Å². The second-order valence-electron chi connectivity index (χ2n) is 14.5. The van der Waals surface area contributed by atoms with E-state index in [1.165, 1.54) is 99.1 Å². The van der Waals surface area contributed by atoms with Gasteiger partial charge in [0.15, 0.2) is 0 Å². The van der Waals surface area contributed by atoms with E-state index in [4.69, 9.17) is 0 Å². The van der Waals surface area contributed by atoms with Gasteiger partial charge in [0.1, 0.15) is 0 Å². The average Bonchev–Trinajstić information content (AvgIpc) is 3.45. The Kier molecular flexibility index (Phi) is 4.95. The van der Waals surface area contributed by atoms with Gasteiger partial charge in [-0.1, -0.05) is 137 Å². The molecule has 0 saturated heterocycles. The molecule has 0 saturated carbocycles. The molecule has 0 heterocycles. The molecule has 0 nitrogen and oxygen atoms in total. The van der Waals surface area contributed by atoms with Gasteiger partial charge in [0.2, 0.25) is 0 Å². The smallest absolute Gasteiger partial charge is 0.0159 e. The Balaban J connectivity index is 1.25. The first-order chi connectivity index (χ1) is 22.3. The van der Waals surface area contributed by atoms with Gasteiger partial charge < -0.3 is 0 Å². The summed E-state index contributed by atoms with van der Waals surface area (Å²) in [5.41, 5.74) is 16.3. The molecule has 10 rings (SSSR count). The lowest BCUT2D eigenvalue weighted by Crippen LogP contribution is -2.17. The van der Waals surface area contributed by atoms with E-state index in [-0.39, 0.29) is 10.8 Å². The van der Waals surface area contributed by atoms with Crippen molar-refractivity contribution < 1.29 is 0 Å². The first-order valence-electron chi connectivity index (χ1n) is 16.5. The summed E-state index contributed by atoms with van der Waals surface area (Å²) in [6, 6.07) is 50.4. The topological polar surface area (TPSA) is 0 Å². The quantitative estimate of drug-likeness (QED) is 0.177. The van der Waals surface area contributed by atoms with Crippen LogP contribution in [0.3, 0.4) is 0 Å². The molecule has 2 aliphatic rings. The Bertz CT molecular complexity index is 2550. The van der Waals surface area contributed by atoms with Gasteiger partial charge in [-0.25, -0.2) is 0 Å². The van der Waals surface area contributed by atoms with Gasteiger partial charge in [-0.3, -0.25) is 0 Å². The van der Waals surface area contributed by atoms with E-state index in [0.717, 1.165) is 0 Å². The Hall–Kier alpha value is -5.20. The Morgan fingerprint density at radius 2 is 0.935 bits per heavy atom. The molecule has 0 aliphatic heterocycles. The van der Waals surface area contributed by atoms with E-state index in [2.05, 4.69) is 161 Å². The van der Waals surface area contributed by atoms with E-state index >= 15 is 0 Å². The molecule has 0 unspecified atom stereocenters. The van der Waals surface area contributed by atoms with Crippen LogP contribution in [0.25, 0.3) is 76.8 Å². The highest BCUT2D eigenvalue weighted by molar-refractivity contribution is 6.28. The van der Waals surface area contributed by atoms with Crippen molar-refractivity contribution in [3.05, 3.63) is 156 Å². The largest absolute Gasteiger partial charge is 0.0622 e. The fourth-order valence-electron chi connectivity index (χ4n) is 9.00. The molecular formula is C46H34. The molecule has 0 atom stereocenters. The van der Waals surface area contributed by atoms with Crippen LogP contribution in [0.2, 0.25) is 0 Å². The lowest BCUT2D eigenvalue weighted by molar-refractivity contribution is 0.652. The Morgan fingerprint density at radius 1 is 0.348 bits per heavy atom. The predicted octanol–water partition coefficient (Wildman–Crippen LogP) is 12.5. The minimum Gasteiger partial charge on any atom is -0.0622 e. The summed E-state index contributed by atoms with van der Waals surface area (Å²) in [6.07, 6.45) is 0. The van der Waals surface area contributed by atoms with Crippen molar-refractivity contribution in [2.45, 2.75) is 38.5 Å². The summed E-state index contributed by atoms with van der Waals surface area (Å²) in [5.74, 6) is 0. The summed E-state index contributed by atoms with van der Waals surface area (Å²) in [4.78, 5) is 0. The van der Waals surface area contributed by atoms with Crippen LogP contribution in [0.1, 0.15) is 49.9 Å². The fraction of sp³-hybridized carbons (Fsp3) is 0.130. The number of hydrogen-bond donors (Lipinski definition) is 0. The highest BCUT2D eigenvalue weighted by atomic mass is 14.5. The van der Waals surface area contributed by atoms with Crippen LogP contribution in [-0.2, 0) is 10.8 Å². The monoisotopic (exact) mass is 586 g/mol. The van der Waals surface area contributed by atoms with Crippen LogP contribution in [0.5, 0.6) is 0 Å². The second-order valence-corrected chi connectivity index (χ2v) is 14.5. The molecule has 0 fully saturated rings. The third-order valence-electron chi connectivity index (χ3n) is 11.4. The van der Waals surface area contributed by atoms with E-state index in [0.29, 0.717) is 0 Å². The van der Waals surface area contributed by atoms with Crippen LogP contribution < -0.4 is 0 Å². The molecular weight excluding hydrogens is 553 g/mol. The van der Waals surface area contributed by atoms with Crippen LogP contribution in [-0.4, -0.2) is 0 Å². The molecule has 0 spiro atoms. The lowest BCUT2D eigenvalue weighted by Gasteiger charge is -2.24. The van der Waals surface area contributed by atoms with Crippen LogP contribution in [0.15, 0.2) is 133 Å². The highest BCUT2D eigenvalue weighted by Gasteiger charge is 2.42. The van der Waals surface area contributed by atoms with Crippen molar-refractivity contribution in [1.29, 1.82) is 0 Å². The molecule has 218 valence electrons. The van der Waals surface area contributed by atoms with Gasteiger partial charge in [-0.05, 0) is 123 Å². The zero-order valence-corrected chi connectivity index (χ0v) is 26.7. The third-order valence-corrected chi connectivity index (χ3v) is 11.4. The van der Waals surface area contributed by atoms with E-state index in [1.807, 2.05) is 0 Å². The minimum absolute atomic E-state index is 0.0732. The number of rotatable bonds is 2. The first kappa shape index (κ1) is 26.1. The molecule has 2 aliphatic carbocycles. The SMILES string of the molecule is CC1(C)c2ccc(-c3ccccc3)cc2-c2cc3c(cc21)-c1c(cc2ccc4c(-c5ccccc5)ccc5ccc1c2c54)C3(C)C. The molecule has 0 amide bonds. The summed E-state index contributed by atoms with van der Waals surface area (Å²) in [7, 11) is 0. The molecule has 0 N–H and O–H groups in total. The number of benzene rings is 8. The molecule has 0 bridgehead atoms. The summed E-state index contributed by atoms with van der Waals surface area (Å²) < 4.78 is 0. The van der Waals surface area contributed by atoms with Gasteiger partial charge >= 0.3 is 0 Å². The number of fused-ring (bicyclic) bond motifs is 7. The normalized spacial score (nSPS) is 15.3. The average molecular weight is 587 g/mol. The maximum atomic E-state index is 2.56. The molecule has 0 radical (unpaired) electrons. The fourth-order valence-corrected chi connectivity index (χ4v) is 9.00. The van der Waals surface area contributed by atoms with Crippen molar-refractivity contribution >= 4 is 32.3 Å². The molecule has 8 aromatic carbocycles. The van der Waals surface area contributed by atoms with Crippen LogP contribution >= 0.6 is 0 Å². The predicted molar refractivity (Wildman–Crippen MR) is 196 cm³/mol. The van der Waals surface area contributed by atoms with Crippen molar-refractivity contribution in [3.8, 4) is 44.5 Å². The van der Waals surface area contributed by atoms with Gasteiger partial charge in [-0.2, -0.15) is 0 Å². The van der Waals surface area contributed by atoms with E-state index in [9.17, 15) is 0 Å². The van der Waals surface area contributed by atoms with Gasteiger partial charge in [0.25, 0.3) is 0 Å². The van der Waals surface area contributed by atoms with Crippen molar-refractivity contribution in [1.82, 2.24) is 0 Å². The van der Waals surface area contributed by atoms with Crippen molar-refractivity contribution in [2.24, 2.45) is 0 Å². The standard InChI is InChI=1S/C46H34/c1-45(2)38-22-18-30(27-11-7-5-8-12-27)23-35(38)36-25-40-37(26-39(36)45)44-34-21-16-29-15-19-32(28-13-9-6-10-14-28)33-20-17-31(43(34)42(29)33)24-41(44)46(40,3)4/h5-26H,1-4H3. The number of hydrogen-bond acceptors (Lipinski definition) is 0. The summed E-state index contributed by atoms with van der Waals surface area (Å²) in [5, 5.41) is 8.13. The lowest BCUT2D eigenvalue weighted by atomic mass is 9.79. The zero-order valence-electron chi connectivity index (χ0n) is 26.7. The van der Waals surface area contributed by atoms with Crippen LogP contribution in [0, 0.1) is 0 Å². The van der Waals surface area contributed by atoms with E-state index in [1.54, 1.807) is 0 Å². The van der Waals surface area contributed by atoms with Crippen molar-refractivity contribution in [2.75, 3.05) is 0 Å². The Labute approximate surface area is 270 Å². The van der Waals surface area contributed by atoms with E-state index < -0.39 is 0 Å². The zero-order chi connectivity index (χ0) is 30.9. The molecule has 46 heavy (non-hydrogen) atoms. The Morgan fingerprint density at radius 3 is 1.72 bits per heavy atom. The summed E-state index contributed by atoms with van der Waals surface area (Å²) in [6.45, 7) is 9.66. The second kappa shape index (κ2) is 8.74. The molecule has 0 aromatic heterocycles.